The summed E-state index contributed by atoms with van der Waals surface area (Å²) < 4.78 is 0. The molecular formula is C21H30N2O3. The molecule has 3 atom stereocenters. The first-order valence-corrected chi connectivity index (χ1v) is 9.84. The first-order chi connectivity index (χ1) is 12.5. The van der Waals surface area contributed by atoms with Crippen LogP contribution in [0.3, 0.4) is 0 Å². The van der Waals surface area contributed by atoms with Gasteiger partial charge in [-0.2, -0.15) is 0 Å². The molecule has 0 aromatic heterocycles. The molecule has 1 saturated carbocycles. The Morgan fingerprint density at radius 3 is 2.46 bits per heavy atom. The molecule has 1 saturated heterocycles. The first kappa shape index (κ1) is 18.9. The number of amides is 1. The van der Waals surface area contributed by atoms with Crippen molar-refractivity contribution in [2.45, 2.75) is 45.1 Å². The van der Waals surface area contributed by atoms with Crippen molar-refractivity contribution in [1.29, 1.82) is 0 Å². The van der Waals surface area contributed by atoms with Crippen molar-refractivity contribution in [2.75, 3.05) is 19.6 Å². The zero-order chi connectivity index (χ0) is 18.5. The average molecular weight is 358 g/mol. The molecule has 2 N–H and O–H groups in total. The van der Waals surface area contributed by atoms with E-state index in [0.717, 1.165) is 12.8 Å². The first-order valence-electron chi connectivity index (χ1n) is 9.84. The number of carboxylic acid groups (broad SMARTS) is 1. The number of aliphatic carboxylic acids is 1. The lowest BCUT2D eigenvalue weighted by Gasteiger charge is -2.32. The van der Waals surface area contributed by atoms with Gasteiger partial charge < -0.3 is 10.4 Å². The molecular weight excluding hydrogens is 328 g/mol. The number of carboxylic acids is 1. The van der Waals surface area contributed by atoms with E-state index < -0.39 is 5.97 Å². The van der Waals surface area contributed by atoms with E-state index >= 15 is 0 Å². The number of nitrogens with zero attached hydrogens (tertiary/aromatic N) is 1. The minimum Gasteiger partial charge on any atom is -0.481 e. The van der Waals surface area contributed by atoms with Crippen molar-refractivity contribution in [3.63, 3.8) is 0 Å². The second-order valence-corrected chi connectivity index (χ2v) is 7.97. The summed E-state index contributed by atoms with van der Waals surface area (Å²) in [6.07, 6.45) is 6.05. The van der Waals surface area contributed by atoms with Crippen LogP contribution in [0, 0.1) is 17.8 Å². The van der Waals surface area contributed by atoms with Crippen LogP contribution in [0.25, 0.3) is 0 Å². The van der Waals surface area contributed by atoms with Crippen molar-refractivity contribution in [3.8, 4) is 0 Å². The highest BCUT2D eigenvalue weighted by molar-refractivity contribution is 5.79. The van der Waals surface area contributed by atoms with Crippen molar-refractivity contribution in [3.05, 3.63) is 35.9 Å². The fourth-order valence-electron chi connectivity index (χ4n) is 4.54. The van der Waals surface area contributed by atoms with Gasteiger partial charge in [-0.05, 0) is 30.2 Å². The molecule has 1 aliphatic carbocycles. The normalized spacial score (nSPS) is 25.7. The maximum absolute atomic E-state index is 12.7. The number of rotatable bonds is 6. The minimum atomic E-state index is -0.759. The van der Waals surface area contributed by atoms with Gasteiger partial charge in [0.2, 0.25) is 5.91 Å². The predicted octanol–water partition coefficient (Wildman–Crippen LogP) is 3.08. The van der Waals surface area contributed by atoms with Crippen LogP contribution in [-0.2, 0) is 9.59 Å². The molecule has 1 unspecified atom stereocenters. The predicted molar refractivity (Wildman–Crippen MR) is 101 cm³/mol. The van der Waals surface area contributed by atoms with Gasteiger partial charge in [-0.15, -0.1) is 0 Å². The van der Waals surface area contributed by atoms with E-state index in [-0.39, 0.29) is 30.3 Å². The maximum Gasteiger partial charge on any atom is 0.308 e. The lowest BCUT2D eigenvalue weighted by atomic mass is 9.81. The van der Waals surface area contributed by atoms with E-state index in [1.54, 1.807) is 0 Å². The van der Waals surface area contributed by atoms with Gasteiger partial charge in [0, 0.05) is 13.1 Å². The summed E-state index contributed by atoms with van der Waals surface area (Å²) in [6.45, 7) is 3.36. The number of benzene rings is 1. The molecule has 1 heterocycles. The van der Waals surface area contributed by atoms with Crippen molar-refractivity contribution >= 4 is 11.9 Å². The molecule has 0 spiro atoms. The second kappa shape index (κ2) is 8.67. The van der Waals surface area contributed by atoms with Crippen molar-refractivity contribution in [2.24, 2.45) is 17.8 Å². The van der Waals surface area contributed by atoms with Crippen molar-refractivity contribution < 1.29 is 14.7 Å². The Balaban J connectivity index is 1.63. The van der Waals surface area contributed by atoms with E-state index in [2.05, 4.69) is 17.4 Å². The van der Waals surface area contributed by atoms with Gasteiger partial charge in [0.05, 0.1) is 18.5 Å². The van der Waals surface area contributed by atoms with E-state index in [0.29, 0.717) is 19.0 Å². The molecule has 1 amide bonds. The molecule has 1 aromatic carbocycles. The van der Waals surface area contributed by atoms with Crippen LogP contribution in [0.2, 0.25) is 0 Å². The van der Waals surface area contributed by atoms with Crippen LogP contribution in [-0.4, -0.2) is 41.5 Å². The fraction of sp³-hybridized carbons (Fsp3) is 0.619. The smallest absolute Gasteiger partial charge is 0.308 e. The number of hydrogen-bond donors (Lipinski definition) is 2. The monoisotopic (exact) mass is 358 g/mol. The Morgan fingerprint density at radius 1 is 1.15 bits per heavy atom. The highest BCUT2D eigenvalue weighted by atomic mass is 16.4. The summed E-state index contributed by atoms with van der Waals surface area (Å²) in [5, 5.41) is 12.5. The van der Waals surface area contributed by atoms with Gasteiger partial charge in [0.1, 0.15) is 0 Å². The van der Waals surface area contributed by atoms with E-state index in [9.17, 15) is 14.7 Å². The SMILES string of the molecule is C[C@@H]1CN(CC(=O)NC(c2ccccc2)C2CCCCC2)C[C@H]1C(=O)O. The summed E-state index contributed by atoms with van der Waals surface area (Å²) in [5.74, 6) is -0.554. The van der Waals surface area contributed by atoms with Gasteiger partial charge in [0.15, 0.2) is 0 Å². The highest BCUT2D eigenvalue weighted by Gasteiger charge is 2.36. The Bertz CT molecular complexity index is 613. The van der Waals surface area contributed by atoms with E-state index in [1.807, 2.05) is 30.0 Å². The molecule has 1 aromatic rings. The zero-order valence-electron chi connectivity index (χ0n) is 15.6. The lowest BCUT2D eigenvalue weighted by molar-refractivity contribution is -0.142. The molecule has 5 nitrogen and oxygen atoms in total. The van der Waals surface area contributed by atoms with Gasteiger partial charge in [-0.25, -0.2) is 0 Å². The van der Waals surface area contributed by atoms with E-state index in [1.165, 1.54) is 24.8 Å². The van der Waals surface area contributed by atoms with Crippen LogP contribution < -0.4 is 5.32 Å². The average Bonchev–Trinajstić information content (AvgIpc) is 3.01. The quantitative estimate of drug-likeness (QED) is 0.820. The standard InChI is InChI=1S/C21H30N2O3/c1-15-12-23(13-18(15)21(25)26)14-19(24)22-20(16-8-4-2-5-9-16)17-10-6-3-7-11-17/h2,4-5,8-9,15,17-18,20H,3,6-7,10-14H2,1H3,(H,22,24)(H,25,26)/t15-,18-,20?/m1/s1. The van der Waals surface area contributed by atoms with Crippen LogP contribution in [0.1, 0.15) is 50.6 Å². The molecule has 2 aliphatic rings. The third-order valence-electron chi connectivity index (χ3n) is 5.97. The largest absolute Gasteiger partial charge is 0.481 e. The number of hydrogen-bond acceptors (Lipinski definition) is 3. The Labute approximate surface area is 155 Å². The Morgan fingerprint density at radius 2 is 1.85 bits per heavy atom. The molecule has 2 fully saturated rings. The molecule has 0 radical (unpaired) electrons. The third kappa shape index (κ3) is 4.64. The van der Waals surface area contributed by atoms with Crippen LogP contribution in [0.5, 0.6) is 0 Å². The molecule has 0 bridgehead atoms. The molecule has 5 heteroatoms. The number of likely N-dealkylation sites (tertiary alicyclic amines) is 1. The number of carbonyl (C=O) groups is 2. The summed E-state index contributed by atoms with van der Waals surface area (Å²) in [5.41, 5.74) is 1.17. The Kier molecular flexibility index (Phi) is 6.30. The zero-order valence-corrected chi connectivity index (χ0v) is 15.6. The van der Waals surface area contributed by atoms with Gasteiger partial charge >= 0.3 is 5.97 Å². The van der Waals surface area contributed by atoms with Crippen LogP contribution in [0.4, 0.5) is 0 Å². The summed E-state index contributed by atoms with van der Waals surface area (Å²) in [4.78, 5) is 26.0. The van der Waals surface area contributed by atoms with Crippen LogP contribution >= 0.6 is 0 Å². The number of carbonyl (C=O) groups excluding carboxylic acids is 1. The van der Waals surface area contributed by atoms with Gasteiger partial charge in [0.25, 0.3) is 0 Å². The maximum atomic E-state index is 12.7. The van der Waals surface area contributed by atoms with Crippen molar-refractivity contribution in [1.82, 2.24) is 10.2 Å². The number of nitrogens with one attached hydrogen (secondary N) is 1. The summed E-state index contributed by atoms with van der Waals surface area (Å²) in [7, 11) is 0. The van der Waals surface area contributed by atoms with Crippen LogP contribution in [0.15, 0.2) is 30.3 Å². The molecule has 3 rings (SSSR count). The minimum absolute atomic E-state index is 0.00247. The summed E-state index contributed by atoms with van der Waals surface area (Å²) in [6, 6.07) is 10.3. The van der Waals surface area contributed by atoms with E-state index in [4.69, 9.17) is 0 Å². The lowest BCUT2D eigenvalue weighted by Crippen LogP contribution is -2.41. The van der Waals surface area contributed by atoms with Gasteiger partial charge in [-0.1, -0.05) is 56.5 Å². The van der Waals surface area contributed by atoms with Gasteiger partial charge in [-0.3, -0.25) is 14.5 Å². The fourth-order valence-corrected chi connectivity index (χ4v) is 4.54. The topological polar surface area (TPSA) is 69.6 Å². The molecule has 1 aliphatic heterocycles. The molecule has 142 valence electrons. The third-order valence-corrected chi connectivity index (χ3v) is 5.97. The summed E-state index contributed by atoms with van der Waals surface area (Å²) >= 11 is 0. The highest BCUT2D eigenvalue weighted by Crippen LogP contribution is 2.34. The second-order valence-electron chi connectivity index (χ2n) is 7.97. The molecule has 26 heavy (non-hydrogen) atoms. The Hall–Kier alpha value is -1.88.